The molecule has 1 N–H and O–H groups in total. The number of hydrogen-bond donors (Lipinski definition) is 1. The number of phenolic OH excluding ortho intramolecular Hbond substituents is 1. The second-order valence-corrected chi connectivity index (χ2v) is 3.49. The summed E-state index contributed by atoms with van der Waals surface area (Å²) in [5.74, 6) is -1.17. The van der Waals surface area contributed by atoms with Crippen molar-refractivity contribution in [1.82, 2.24) is 0 Å². The van der Waals surface area contributed by atoms with Crippen molar-refractivity contribution in [3.05, 3.63) is 29.1 Å². The van der Waals surface area contributed by atoms with Gasteiger partial charge in [-0.25, -0.2) is 4.39 Å². The Morgan fingerprint density at radius 3 is 2.79 bits per heavy atom. The number of aldehydes is 1. The smallest absolute Gasteiger partial charge is 0.168 e. The normalized spacial score (nSPS) is 12.5. The van der Waals surface area contributed by atoms with E-state index in [1.54, 1.807) is 19.9 Å². The van der Waals surface area contributed by atoms with Gasteiger partial charge in [-0.15, -0.1) is 0 Å². The van der Waals surface area contributed by atoms with Crippen LogP contribution < -0.4 is 0 Å². The molecule has 1 atom stereocenters. The summed E-state index contributed by atoms with van der Waals surface area (Å²) >= 11 is 0. The average molecular weight is 196 g/mol. The van der Waals surface area contributed by atoms with Gasteiger partial charge in [0.1, 0.15) is 6.29 Å². The first-order chi connectivity index (χ1) is 6.56. The zero-order valence-corrected chi connectivity index (χ0v) is 8.25. The van der Waals surface area contributed by atoms with E-state index in [4.69, 9.17) is 0 Å². The summed E-state index contributed by atoms with van der Waals surface area (Å²) in [6.45, 7) is 3.53. The molecule has 0 aliphatic rings. The summed E-state index contributed by atoms with van der Waals surface area (Å²) < 4.78 is 13.4. The number of rotatable bonds is 3. The lowest BCUT2D eigenvalue weighted by Gasteiger charge is -2.11. The molecule has 1 rings (SSSR count). The maximum absolute atomic E-state index is 13.4. The van der Waals surface area contributed by atoms with Gasteiger partial charge in [0, 0.05) is 6.42 Å². The third-order valence-electron chi connectivity index (χ3n) is 2.21. The van der Waals surface area contributed by atoms with Crippen LogP contribution in [0.3, 0.4) is 0 Å². The van der Waals surface area contributed by atoms with E-state index in [1.807, 2.05) is 0 Å². The fourth-order valence-electron chi connectivity index (χ4n) is 1.41. The monoisotopic (exact) mass is 196 g/mol. The fourth-order valence-corrected chi connectivity index (χ4v) is 1.41. The number of aromatic hydroxyl groups is 1. The van der Waals surface area contributed by atoms with Gasteiger partial charge in [-0.3, -0.25) is 0 Å². The van der Waals surface area contributed by atoms with Crippen molar-refractivity contribution in [1.29, 1.82) is 0 Å². The molecule has 14 heavy (non-hydrogen) atoms. The lowest BCUT2D eigenvalue weighted by molar-refractivity contribution is -0.108. The molecule has 0 heterocycles. The van der Waals surface area contributed by atoms with Gasteiger partial charge in [-0.1, -0.05) is 13.0 Å². The SMILES string of the molecule is Cc1cc(O)c(F)c(C(C)CC=O)c1. The Hall–Kier alpha value is -1.38. The zero-order valence-electron chi connectivity index (χ0n) is 8.25. The molecule has 0 aliphatic heterocycles. The Bertz CT molecular complexity index is 347. The molecule has 2 nitrogen and oxygen atoms in total. The summed E-state index contributed by atoms with van der Waals surface area (Å²) in [5.41, 5.74) is 1.19. The number of aryl methyl sites for hydroxylation is 1. The summed E-state index contributed by atoms with van der Waals surface area (Å²) in [7, 11) is 0. The van der Waals surface area contributed by atoms with Crippen molar-refractivity contribution >= 4 is 6.29 Å². The Morgan fingerprint density at radius 2 is 2.21 bits per heavy atom. The Balaban J connectivity index is 3.12. The van der Waals surface area contributed by atoms with E-state index in [-0.39, 0.29) is 18.1 Å². The van der Waals surface area contributed by atoms with Crippen molar-refractivity contribution in [2.45, 2.75) is 26.2 Å². The molecule has 1 aromatic carbocycles. The topological polar surface area (TPSA) is 37.3 Å². The van der Waals surface area contributed by atoms with Gasteiger partial charge in [0.15, 0.2) is 11.6 Å². The lowest BCUT2D eigenvalue weighted by Crippen LogP contribution is -1.99. The number of carbonyl (C=O) groups excluding carboxylic acids is 1. The Kier molecular flexibility index (Phi) is 3.23. The largest absolute Gasteiger partial charge is 0.505 e. The molecule has 1 aromatic rings. The van der Waals surface area contributed by atoms with Gasteiger partial charge < -0.3 is 9.90 Å². The highest BCUT2D eigenvalue weighted by Gasteiger charge is 2.14. The number of carbonyl (C=O) groups is 1. The van der Waals surface area contributed by atoms with E-state index in [2.05, 4.69) is 0 Å². The lowest BCUT2D eigenvalue weighted by atomic mass is 9.96. The van der Waals surface area contributed by atoms with Crippen molar-refractivity contribution in [3.63, 3.8) is 0 Å². The highest BCUT2D eigenvalue weighted by Crippen LogP contribution is 2.28. The third kappa shape index (κ3) is 2.10. The summed E-state index contributed by atoms with van der Waals surface area (Å²) in [6, 6.07) is 3.02. The molecule has 0 spiro atoms. The van der Waals surface area contributed by atoms with Crippen LogP contribution in [0.1, 0.15) is 30.4 Å². The van der Waals surface area contributed by atoms with Gasteiger partial charge in [0.2, 0.25) is 0 Å². The molecule has 76 valence electrons. The molecule has 0 aliphatic carbocycles. The minimum Gasteiger partial charge on any atom is -0.505 e. The molecule has 0 saturated heterocycles. The molecule has 3 heteroatoms. The van der Waals surface area contributed by atoms with Crippen LogP contribution in [0.15, 0.2) is 12.1 Å². The summed E-state index contributed by atoms with van der Waals surface area (Å²) in [6.07, 6.45) is 1.02. The van der Waals surface area contributed by atoms with Crippen LogP contribution in [-0.2, 0) is 4.79 Å². The predicted octanol–water partition coefficient (Wildman–Crippen LogP) is 2.53. The first-order valence-corrected chi connectivity index (χ1v) is 4.49. The van der Waals surface area contributed by atoms with E-state index in [1.165, 1.54) is 6.07 Å². The minimum atomic E-state index is -0.620. The number of phenols is 1. The molecule has 0 saturated carbocycles. The van der Waals surface area contributed by atoms with E-state index >= 15 is 0 Å². The maximum atomic E-state index is 13.4. The van der Waals surface area contributed by atoms with Crippen LogP contribution in [0.2, 0.25) is 0 Å². The minimum absolute atomic E-state index is 0.196. The number of halogens is 1. The van der Waals surface area contributed by atoms with Gasteiger partial charge in [0.25, 0.3) is 0 Å². The van der Waals surface area contributed by atoms with Gasteiger partial charge >= 0.3 is 0 Å². The second-order valence-electron chi connectivity index (χ2n) is 3.49. The fraction of sp³-hybridized carbons (Fsp3) is 0.364. The molecule has 1 unspecified atom stereocenters. The van der Waals surface area contributed by atoms with Gasteiger partial charge in [0.05, 0.1) is 0 Å². The Labute approximate surface area is 82.4 Å². The van der Waals surface area contributed by atoms with Gasteiger partial charge in [-0.05, 0) is 30.0 Å². The van der Waals surface area contributed by atoms with Crippen LogP contribution in [0, 0.1) is 12.7 Å². The van der Waals surface area contributed by atoms with Crippen LogP contribution in [0.4, 0.5) is 4.39 Å². The molecule has 0 fully saturated rings. The quantitative estimate of drug-likeness (QED) is 0.754. The number of hydrogen-bond acceptors (Lipinski definition) is 2. The molecular weight excluding hydrogens is 183 g/mol. The number of benzene rings is 1. The van der Waals surface area contributed by atoms with E-state index < -0.39 is 5.82 Å². The van der Waals surface area contributed by atoms with Crippen LogP contribution in [0.5, 0.6) is 5.75 Å². The van der Waals surface area contributed by atoms with E-state index in [9.17, 15) is 14.3 Å². The highest BCUT2D eigenvalue weighted by molar-refractivity contribution is 5.52. The molecule has 0 bridgehead atoms. The first kappa shape index (κ1) is 10.7. The van der Waals surface area contributed by atoms with Crippen LogP contribution >= 0.6 is 0 Å². The van der Waals surface area contributed by atoms with Gasteiger partial charge in [-0.2, -0.15) is 0 Å². The van der Waals surface area contributed by atoms with E-state index in [0.717, 1.165) is 11.8 Å². The highest BCUT2D eigenvalue weighted by atomic mass is 19.1. The van der Waals surface area contributed by atoms with Crippen molar-refractivity contribution in [2.75, 3.05) is 0 Å². The second kappa shape index (κ2) is 4.22. The Morgan fingerprint density at radius 1 is 1.57 bits per heavy atom. The molecule has 0 radical (unpaired) electrons. The van der Waals surface area contributed by atoms with Crippen molar-refractivity contribution in [3.8, 4) is 5.75 Å². The molecular formula is C11H13FO2. The first-order valence-electron chi connectivity index (χ1n) is 4.49. The zero-order chi connectivity index (χ0) is 10.7. The molecule has 0 aromatic heterocycles. The maximum Gasteiger partial charge on any atom is 0.168 e. The van der Waals surface area contributed by atoms with Crippen molar-refractivity contribution in [2.24, 2.45) is 0 Å². The summed E-state index contributed by atoms with van der Waals surface area (Å²) in [4.78, 5) is 10.3. The summed E-state index contributed by atoms with van der Waals surface area (Å²) in [5, 5.41) is 9.23. The third-order valence-corrected chi connectivity index (χ3v) is 2.21. The van der Waals surface area contributed by atoms with Crippen molar-refractivity contribution < 1.29 is 14.3 Å². The van der Waals surface area contributed by atoms with Crippen LogP contribution in [-0.4, -0.2) is 11.4 Å². The molecule has 0 amide bonds. The predicted molar refractivity (Wildman–Crippen MR) is 51.9 cm³/mol. The standard InChI is InChI=1S/C11H13FO2/c1-7-5-9(8(2)3-4-13)11(12)10(14)6-7/h4-6,8,14H,3H2,1-2H3. The van der Waals surface area contributed by atoms with E-state index in [0.29, 0.717) is 5.56 Å². The average Bonchev–Trinajstić information content (AvgIpc) is 2.11. The van der Waals surface area contributed by atoms with Crippen LogP contribution in [0.25, 0.3) is 0 Å².